The molecule has 1 fully saturated rings. The Morgan fingerprint density at radius 1 is 1.27 bits per heavy atom. The van der Waals surface area contributed by atoms with Crippen LogP contribution in [0.4, 0.5) is 20.6 Å². The minimum atomic E-state index is -0.550. The van der Waals surface area contributed by atoms with Crippen LogP contribution in [0.1, 0.15) is 29.7 Å². The highest BCUT2D eigenvalue weighted by molar-refractivity contribution is 5.90. The van der Waals surface area contributed by atoms with Crippen LogP contribution in [-0.2, 0) is 22.5 Å². The number of cyclic esters (lactones) is 1. The lowest BCUT2D eigenvalue weighted by Crippen LogP contribution is -2.33. The summed E-state index contributed by atoms with van der Waals surface area (Å²) in [7, 11) is 0. The largest absolute Gasteiger partial charge is 0.442 e. The molecule has 1 N–H and O–H groups in total. The minimum Gasteiger partial charge on any atom is -0.442 e. The molecule has 30 heavy (non-hydrogen) atoms. The number of anilines is 2. The highest BCUT2D eigenvalue weighted by Gasteiger charge is 2.33. The molecule has 0 radical (unpaired) electrons. The van der Waals surface area contributed by atoms with Crippen molar-refractivity contribution in [2.24, 2.45) is 0 Å². The molecular weight excluding hydrogens is 389 g/mol. The Morgan fingerprint density at radius 2 is 2.00 bits per heavy atom. The van der Waals surface area contributed by atoms with E-state index < -0.39 is 18.0 Å². The van der Waals surface area contributed by atoms with Crippen molar-refractivity contribution in [2.75, 3.05) is 29.4 Å². The number of benzene rings is 1. The first kappa shape index (κ1) is 20.1. The first-order chi connectivity index (χ1) is 14.3. The van der Waals surface area contributed by atoms with Gasteiger partial charge in [-0.15, -0.1) is 0 Å². The monoisotopic (exact) mass is 413 g/mol. The van der Waals surface area contributed by atoms with Gasteiger partial charge >= 0.3 is 6.09 Å². The van der Waals surface area contributed by atoms with Crippen LogP contribution in [0.3, 0.4) is 0 Å². The minimum absolute atomic E-state index is 0.196. The second-order valence-electron chi connectivity index (χ2n) is 7.65. The summed E-state index contributed by atoms with van der Waals surface area (Å²) in [4.78, 5) is 35.8. The molecule has 1 saturated heterocycles. The number of rotatable bonds is 4. The number of carbonyl (C=O) groups excluding carboxylic acids is 2. The third-order valence-corrected chi connectivity index (χ3v) is 5.46. The fraction of sp³-hybridized carbons (Fsp3) is 0.429. The third kappa shape index (κ3) is 3.92. The van der Waals surface area contributed by atoms with Gasteiger partial charge < -0.3 is 15.0 Å². The quantitative estimate of drug-likeness (QED) is 0.827. The zero-order valence-electron chi connectivity index (χ0n) is 17.2. The lowest BCUT2D eigenvalue weighted by molar-refractivity contribution is -0.119. The topological polar surface area (TPSA) is 87.7 Å². The van der Waals surface area contributed by atoms with Crippen LogP contribution in [0, 0.1) is 19.7 Å². The molecule has 3 heterocycles. The van der Waals surface area contributed by atoms with Gasteiger partial charge in [-0.3, -0.25) is 19.7 Å². The molecule has 1 aromatic heterocycles. The number of aromatic nitrogens is 2. The molecule has 4 rings (SSSR count). The van der Waals surface area contributed by atoms with Crippen molar-refractivity contribution in [1.82, 2.24) is 15.3 Å². The van der Waals surface area contributed by atoms with Gasteiger partial charge in [0.2, 0.25) is 5.91 Å². The zero-order valence-corrected chi connectivity index (χ0v) is 17.2. The highest BCUT2D eigenvalue weighted by Crippen LogP contribution is 2.30. The summed E-state index contributed by atoms with van der Waals surface area (Å²) >= 11 is 0. The van der Waals surface area contributed by atoms with Crippen molar-refractivity contribution in [3.8, 4) is 0 Å². The smallest absolute Gasteiger partial charge is 0.414 e. The molecule has 0 unspecified atom stereocenters. The molecule has 0 saturated carbocycles. The van der Waals surface area contributed by atoms with Crippen LogP contribution in [-0.4, -0.2) is 47.7 Å². The average Bonchev–Trinajstić information content (AvgIpc) is 3.07. The molecule has 1 atom stereocenters. The van der Waals surface area contributed by atoms with Crippen molar-refractivity contribution in [1.29, 1.82) is 0 Å². The molecule has 2 aliphatic rings. The molecular formula is C21H24FN5O3. The molecule has 0 spiro atoms. The van der Waals surface area contributed by atoms with E-state index in [1.165, 1.54) is 17.9 Å². The fourth-order valence-electron chi connectivity index (χ4n) is 3.75. The van der Waals surface area contributed by atoms with Crippen molar-refractivity contribution >= 4 is 23.4 Å². The summed E-state index contributed by atoms with van der Waals surface area (Å²) in [5, 5.41) is 2.62. The highest BCUT2D eigenvalue weighted by atomic mass is 19.1. The van der Waals surface area contributed by atoms with Crippen molar-refractivity contribution < 1.29 is 18.7 Å². The number of carbonyl (C=O) groups is 2. The fourth-order valence-corrected chi connectivity index (χ4v) is 3.75. The van der Waals surface area contributed by atoms with E-state index in [2.05, 4.69) is 15.3 Å². The first-order valence-electron chi connectivity index (χ1n) is 9.92. The molecule has 2 aromatic rings. The number of nitrogens with zero attached hydrogens (tertiary/aromatic N) is 4. The van der Waals surface area contributed by atoms with Crippen molar-refractivity contribution in [2.45, 2.75) is 39.8 Å². The molecule has 9 heteroatoms. The van der Waals surface area contributed by atoms with Gasteiger partial charge in [-0.05, 0) is 32.0 Å². The van der Waals surface area contributed by atoms with E-state index in [-0.39, 0.29) is 19.0 Å². The Labute approximate surface area is 174 Å². The average molecular weight is 413 g/mol. The van der Waals surface area contributed by atoms with Crippen LogP contribution in [0.5, 0.6) is 0 Å². The van der Waals surface area contributed by atoms with Gasteiger partial charge in [0, 0.05) is 19.9 Å². The summed E-state index contributed by atoms with van der Waals surface area (Å²) in [6.07, 6.45) is -0.313. The summed E-state index contributed by atoms with van der Waals surface area (Å²) in [5.41, 5.74) is 4.54. The summed E-state index contributed by atoms with van der Waals surface area (Å²) in [6.45, 7) is 6.88. The van der Waals surface area contributed by atoms with Gasteiger partial charge in [-0.1, -0.05) is 0 Å². The van der Waals surface area contributed by atoms with Crippen LogP contribution < -0.4 is 15.1 Å². The maximum absolute atomic E-state index is 15.0. The van der Waals surface area contributed by atoms with Crippen LogP contribution in [0.25, 0.3) is 0 Å². The van der Waals surface area contributed by atoms with E-state index in [4.69, 9.17) is 4.74 Å². The maximum Gasteiger partial charge on any atom is 0.414 e. The number of nitrogens with one attached hydrogen (secondary N) is 1. The summed E-state index contributed by atoms with van der Waals surface area (Å²) < 4.78 is 20.2. The van der Waals surface area contributed by atoms with Crippen molar-refractivity contribution in [3.63, 3.8) is 0 Å². The predicted molar refractivity (Wildman–Crippen MR) is 109 cm³/mol. The second kappa shape index (κ2) is 7.89. The van der Waals surface area contributed by atoms with Gasteiger partial charge in [-0.25, -0.2) is 9.18 Å². The van der Waals surface area contributed by atoms with Crippen LogP contribution >= 0.6 is 0 Å². The Kier molecular flexibility index (Phi) is 5.27. The first-order valence-corrected chi connectivity index (χ1v) is 9.92. The Balaban J connectivity index is 1.49. The van der Waals surface area contributed by atoms with E-state index in [1.807, 2.05) is 18.7 Å². The van der Waals surface area contributed by atoms with E-state index in [0.29, 0.717) is 30.9 Å². The molecule has 2 amide bonds. The van der Waals surface area contributed by atoms with Gasteiger partial charge in [-0.2, -0.15) is 0 Å². The number of fused-ring (bicyclic) bond motifs is 1. The van der Waals surface area contributed by atoms with E-state index >= 15 is 0 Å². The number of aryl methyl sites for hydroxylation is 2. The Bertz CT molecular complexity index is 1010. The summed E-state index contributed by atoms with van der Waals surface area (Å²) in [5.74, 6) is -0.608. The molecule has 0 bridgehead atoms. The lowest BCUT2D eigenvalue weighted by Gasteiger charge is -2.30. The van der Waals surface area contributed by atoms with Crippen molar-refractivity contribution in [3.05, 3.63) is 46.8 Å². The molecule has 2 aliphatic heterocycles. The number of ether oxygens (including phenoxy) is 1. The Hall–Kier alpha value is -3.23. The Morgan fingerprint density at radius 3 is 2.70 bits per heavy atom. The van der Waals surface area contributed by atoms with Crippen LogP contribution in [0.2, 0.25) is 0 Å². The van der Waals surface area contributed by atoms with E-state index in [9.17, 15) is 14.0 Å². The standard InChI is InChI=1S/C21H24FN5O3/c1-12-13(2)25-19-11-26(7-6-18(19)24-12)20-5-4-15(8-17(20)22)27-10-16(30-21(27)29)9-23-14(3)28/h4-5,8,16H,6-7,9-11H2,1-3H3,(H,23,28)/t16-/m0/s1. The van der Waals surface area contributed by atoms with Gasteiger partial charge in [0.05, 0.1) is 53.8 Å². The number of amides is 2. The normalized spacial score (nSPS) is 18.3. The predicted octanol–water partition coefficient (Wildman–Crippen LogP) is 2.26. The zero-order chi connectivity index (χ0) is 21.4. The number of hydrogen-bond donors (Lipinski definition) is 1. The summed E-state index contributed by atoms with van der Waals surface area (Å²) in [6, 6.07) is 4.74. The lowest BCUT2D eigenvalue weighted by atomic mass is 10.1. The van der Waals surface area contributed by atoms with Gasteiger partial charge in [0.1, 0.15) is 11.9 Å². The SMILES string of the molecule is CC(=O)NC[C@H]1CN(c2ccc(N3CCc4nc(C)c(C)nc4C3)c(F)c2)C(=O)O1. The molecule has 1 aromatic carbocycles. The second-order valence-corrected chi connectivity index (χ2v) is 7.65. The van der Waals surface area contributed by atoms with Gasteiger partial charge in [0.15, 0.2) is 0 Å². The van der Waals surface area contributed by atoms with Crippen LogP contribution in [0.15, 0.2) is 18.2 Å². The van der Waals surface area contributed by atoms with Gasteiger partial charge in [0.25, 0.3) is 0 Å². The number of hydrogen-bond acceptors (Lipinski definition) is 6. The van der Waals surface area contributed by atoms with E-state index in [0.717, 1.165) is 22.8 Å². The third-order valence-electron chi connectivity index (χ3n) is 5.46. The number of halogens is 1. The molecule has 0 aliphatic carbocycles. The van der Waals surface area contributed by atoms with E-state index in [1.54, 1.807) is 12.1 Å². The molecule has 158 valence electrons. The maximum atomic E-state index is 15.0. The molecule has 8 nitrogen and oxygen atoms in total.